The van der Waals surface area contributed by atoms with Gasteiger partial charge in [-0.05, 0) is 50.1 Å². The topological polar surface area (TPSA) is 77.8 Å². The fourth-order valence-electron chi connectivity index (χ4n) is 3.31. The fourth-order valence-corrected chi connectivity index (χ4v) is 4.81. The molecule has 0 atom stereocenters. The third kappa shape index (κ3) is 3.46. The third-order valence-electron chi connectivity index (χ3n) is 4.96. The van der Waals surface area contributed by atoms with Crippen LogP contribution in [0.3, 0.4) is 0 Å². The van der Waals surface area contributed by atoms with E-state index in [1.807, 2.05) is 13.0 Å². The number of pyridine rings is 1. The van der Waals surface area contributed by atoms with Gasteiger partial charge in [0, 0.05) is 17.8 Å². The molecule has 0 bridgehead atoms. The Morgan fingerprint density at radius 1 is 1.04 bits per heavy atom. The van der Waals surface area contributed by atoms with Crippen LogP contribution >= 0.6 is 0 Å². The number of hydrogen-bond acceptors (Lipinski definition) is 5. The van der Waals surface area contributed by atoms with Crippen molar-refractivity contribution in [2.24, 2.45) is 0 Å². The molecular formula is C19H22N2O5S. The molecule has 4 rings (SSSR count). The zero-order valence-electron chi connectivity index (χ0n) is 15.3. The molecule has 0 unspecified atom stereocenters. The molecule has 0 spiro atoms. The number of rotatable bonds is 6. The molecule has 2 aromatic rings. The molecule has 1 saturated heterocycles. The number of methoxy groups -OCH3 is 1. The van der Waals surface area contributed by atoms with Gasteiger partial charge in [0.25, 0.3) is 5.56 Å². The summed E-state index contributed by atoms with van der Waals surface area (Å²) in [5.74, 6) is 1.11. The maximum atomic E-state index is 12.6. The molecule has 1 aliphatic carbocycles. The summed E-state index contributed by atoms with van der Waals surface area (Å²) in [4.78, 5) is 12.5. The normalized spacial score (nSPS) is 18.1. The first-order valence-electron chi connectivity index (χ1n) is 8.92. The molecule has 8 heteroatoms. The largest absolute Gasteiger partial charge is 0.497 e. The molecule has 1 aromatic carbocycles. The summed E-state index contributed by atoms with van der Waals surface area (Å²) in [6, 6.07) is 9.97. The van der Waals surface area contributed by atoms with Gasteiger partial charge >= 0.3 is 0 Å². The van der Waals surface area contributed by atoms with Gasteiger partial charge in [-0.15, -0.1) is 0 Å². The van der Waals surface area contributed by atoms with E-state index in [0.29, 0.717) is 17.5 Å². The van der Waals surface area contributed by atoms with Gasteiger partial charge in [-0.3, -0.25) is 4.79 Å². The monoisotopic (exact) mass is 390 g/mol. The predicted molar refractivity (Wildman–Crippen MR) is 99.9 cm³/mol. The smallest absolute Gasteiger partial charge is 0.254 e. The Kier molecular flexibility index (Phi) is 4.47. The lowest BCUT2D eigenvalue weighted by Gasteiger charge is -2.37. The van der Waals surface area contributed by atoms with Crippen LogP contribution in [0.5, 0.6) is 11.5 Å². The molecule has 2 aliphatic rings. The van der Waals surface area contributed by atoms with Crippen molar-refractivity contribution < 1.29 is 17.9 Å². The van der Waals surface area contributed by atoms with Crippen LogP contribution in [-0.4, -0.2) is 43.6 Å². The van der Waals surface area contributed by atoms with Crippen LogP contribution in [0.2, 0.25) is 0 Å². The minimum Gasteiger partial charge on any atom is -0.497 e. The highest BCUT2D eigenvalue weighted by Crippen LogP contribution is 2.35. The van der Waals surface area contributed by atoms with E-state index in [-0.39, 0.29) is 29.6 Å². The highest BCUT2D eigenvalue weighted by molar-refractivity contribution is 7.89. The standard InChI is InChI=1S/C19H22N2O5S/c1-13-9-16(10-19(22)21(13)14-3-4-14)26-17-11-20(12-17)27(23,24)18-7-5-15(25-2)6-8-18/h5-10,14,17H,3-4,11-12H2,1-2H3. The Hall–Kier alpha value is -2.32. The molecule has 27 heavy (non-hydrogen) atoms. The molecule has 0 amide bonds. The second-order valence-electron chi connectivity index (χ2n) is 7.01. The van der Waals surface area contributed by atoms with E-state index >= 15 is 0 Å². The first kappa shape index (κ1) is 18.1. The van der Waals surface area contributed by atoms with Gasteiger partial charge < -0.3 is 14.0 Å². The van der Waals surface area contributed by atoms with E-state index < -0.39 is 10.0 Å². The van der Waals surface area contributed by atoms with Crippen molar-refractivity contribution in [1.29, 1.82) is 0 Å². The van der Waals surface area contributed by atoms with Crippen molar-refractivity contribution >= 4 is 10.0 Å². The number of nitrogens with zero attached hydrogens (tertiary/aromatic N) is 2. The minimum atomic E-state index is -3.55. The van der Waals surface area contributed by atoms with E-state index in [0.717, 1.165) is 18.5 Å². The highest BCUT2D eigenvalue weighted by atomic mass is 32.2. The minimum absolute atomic E-state index is 0.0606. The van der Waals surface area contributed by atoms with Gasteiger partial charge in [0.2, 0.25) is 10.0 Å². The molecule has 1 saturated carbocycles. The summed E-state index contributed by atoms with van der Waals surface area (Å²) in [5, 5.41) is 0. The van der Waals surface area contributed by atoms with Crippen molar-refractivity contribution in [2.75, 3.05) is 20.2 Å². The molecule has 1 aliphatic heterocycles. The average Bonchev–Trinajstić information content (AvgIpc) is 3.42. The molecule has 0 N–H and O–H groups in total. The van der Waals surface area contributed by atoms with Crippen molar-refractivity contribution in [3.8, 4) is 11.5 Å². The van der Waals surface area contributed by atoms with E-state index in [4.69, 9.17) is 9.47 Å². The van der Waals surface area contributed by atoms with E-state index in [9.17, 15) is 13.2 Å². The molecule has 2 fully saturated rings. The maximum absolute atomic E-state index is 12.6. The Bertz CT molecular complexity index is 1000. The zero-order valence-corrected chi connectivity index (χ0v) is 16.1. The molecule has 7 nitrogen and oxygen atoms in total. The Morgan fingerprint density at radius 3 is 2.26 bits per heavy atom. The van der Waals surface area contributed by atoms with Crippen LogP contribution in [0, 0.1) is 6.92 Å². The molecule has 0 radical (unpaired) electrons. The van der Waals surface area contributed by atoms with Crippen molar-refractivity contribution in [3.63, 3.8) is 0 Å². The lowest BCUT2D eigenvalue weighted by molar-refractivity contribution is 0.0758. The number of aromatic nitrogens is 1. The second-order valence-corrected chi connectivity index (χ2v) is 8.95. The van der Waals surface area contributed by atoms with Gasteiger partial charge in [-0.2, -0.15) is 4.31 Å². The SMILES string of the molecule is COc1ccc(S(=O)(=O)N2CC(Oc3cc(C)n(C4CC4)c(=O)c3)C2)cc1. The van der Waals surface area contributed by atoms with Gasteiger partial charge in [-0.25, -0.2) is 8.42 Å². The van der Waals surface area contributed by atoms with Gasteiger partial charge in [0.05, 0.1) is 25.1 Å². The molecule has 144 valence electrons. The molecular weight excluding hydrogens is 368 g/mol. The quantitative estimate of drug-likeness (QED) is 0.753. The third-order valence-corrected chi connectivity index (χ3v) is 6.81. The summed E-state index contributed by atoms with van der Waals surface area (Å²) in [6.07, 6.45) is 1.83. The molecule has 2 heterocycles. The highest BCUT2D eigenvalue weighted by Gasteiger charge is 2.38. The van der Waals surface area contributed by atoms with Crippen LogP contribution in [0.1, 0.15) is 24.6 Å². The average molecular weight is 390 g/mol. The zero-order chi connectivity index (χ0) is 19.2. The summed E-state index contributed by atoms with van der Waals surface area (Å²) < 4.78 is 39.3. The van der Waals surface area contributed by atoms with Crippen LogP contribution < -0.4 is 15.0 Å². The fraction of sp³-hybridized carbons (Fsp3) is 0.421. The lowest BCUT2D eigenvalue weighted by Crippen LogP contribution is -2.56. The summed E-state index contributed by atoms with van der Waals surface area (Å²) in [5.41, 5.74) is 0.816. The van der Waals surface area contributed by atoms with Crippen molar-refractivity contribution in [1.82, 2.24) is 8.87 Å². The van der Waals surface area contributed by atoms with Crippen molar-refractivity contribution in [3.05, 3.63) is 52.4 Å². The van der Waals surface area contributed by atoms with Crippen LogP contribution in [0.25, 0.3) is 0 Å². The lowest BCUT2D eigenvalue weighted by atomic mass is 10.2. The predicted octanol–water partition coefficient (Wildman–Crippen LogP) is 1.95. The van der Waals surface area contributed by atoms with Crippen molar-refractivity contribution in [2.45, 2.75) is 36.8 Å². The van der Waals surface area contributed by atoms with Gasteiger partial charge in [-0.1, -0.05) is 0 Å². The second kappa shape index (κ2) is 6.69. The number of aryl methyl sites for hydroxylation is 1. The first-order chi connectivity index (χ1) is 12.9. The van der Waals surface area contributed by atoms with Gasteiger partial charge in [0.15, 0.2) is 0 Å². The number of benzene rings is 1. The van der Waals surface area contributed by atoms with Crippen LogP contribution in [0.4, 0.5) is 0 Å². The summed E-state index contributed by atoms with van der Waals surface area (Å²) in [6.45, 7) is 2.42. The summed E-state index contributed by atoms with van der Waals surface area (Å²) >= 11 is 0. The van der Waals surface area contributed by atoms with Crippen LogP contribution in [0.15, 0.2) is 46.1 Å². The first-order valence-corrected chi connectivity index (χ1v) is 10.4. The van der Waals surface area contributed by atoms with E-state index in [1.165, 1.54) is 29.6 Å². The van der Waals surface area contributed by atoms with E-state index in [1.54, 1.807) is 16.7 Å². The van der Waals surface area contributed by atoms with Crippen LogP contribution in [-0.2, 0) is 10.0 Å². The Balaban J connectivity index is 1.41. The number of sulfonamides is 1. The number of hydrogen-bond donors (Lipinski definition) is 0. The molecule has 1 aromatic heterocycles. The Labute approximate surface area is 158 Å². The Morgan fingerprint density at radius 2 is 1.70 bits per heavy atom. The van der Waals surface area contributed by atoms with E-state index in [2.05, 4.69) is 0 Å². The summed E-state index contributed by atoms with van der Waals surface area (Å²) in [7, 11) is -2.01. The number of ether oxygens (including phenoxy) is 2. The maximum Gasteiger partial charge on any atom is 0.254 e. The van der Waals surface area contributed by atoms with Gasteiger partial charge in [0.1, 0.15) is 17.6 Å².